The number of allylic oxidation sites excluding steroid dienone is 1. The van der Waals surface area contributed by atoms with Crippen molar-refractivity contribution in [2.45, 2.75) is 6.18 Å². The molecule has 0 saturated heterocycles. The first-order valence-corrected chi connectivity index (χ1v) is 12.6. The minimum Gasteiger partial charge on any atom is -0.453 e. The molecule has 0 aliphatic heterocycles. The second kappa shape index (κ2) is 13.0. The van der Waals surface area contributed by atoms with Crippen LogP contribution in [0.4, 0.5) is 24.7 Å². The Morgan fingerprint density at radius 1 is 1.00 bits per heavy atom. The van der Waals surface area contributed by atoms with E-state index in [0.717, 1.165) is 16.6 Å². The van der Waals surface area contributed by atoms with Crippen molar-refractivity contribution >= 4 is 44.5 Å². The zero-order valence-corrected chi connectivity index (χ0v) is 25.0. The molecule has 0 bridgehead atoms. The molecular formula is C32H25F3IrN6-2. The third kappa shape index (κ3) is 6.51. The van der Waals surface area contributed by atoms with Crippen LogP contribution < -0.4 is 10.2 Å². The van der Waals surface area contributed by atoms with Crippen LogP contribution in [0.2, 0.25) is 0 Å². The molecule has 0 saturated carbocycles. The minimum atomic E-state index is -4.64. The maximum absolute atomic E-state index is 11.8. The van der Waals surface area contributed by atoms with Crippen LogP contribution in [0, 0.1) is 17.7 Å². The van der Waals surface area contributed by atoms with Crippen LogP contribution in [0.3, 0.4) is 0 Å². The Morgan fingerprint density at radius 3 is 2.45 bits per heavy atom. The number of hydrogen-bond donors (Lipinski definition) is 2. The van der Waals surface area contributed by atoms with Crippen LogP contribution in [0.15, 0.2) is 104 Å². The molecule has 3 aromatic carbocycles. The van der Waals surface area contributed by atoms with Crippen LogP contribution in [0.1, 0.15) is 0 Å². The van der Waals surface area contributed by atoms with Crippen molar-refractivity contribution < 1.29 is 33.3 Å². The summed E-state index contributed by atoms with van der Waals surface area (Å²) in [6.07, 6.45) is 3.37. The van der Waals surface area contributed by atoms with Gasteiger partial charge in [-0.05, 0) is 29.1 Å². The third-order valence-electron chi connectivity index (χ3n) is 6.36. The number of rotatable bonds is 5. The van der Waals surface area contributed by atoms with Gasteiger partial charge in [0.25, 0.3) is 0 Å². The molecule has 6 rings (SSSR count). The minimum absolute atomic E-state index is 0. The number of fused-ring (bicyclic) bond motifs is 6. The first-order chi connectivity index (χ1) is 19.7. The number of nitrogens with zero attached hydrogens (tertiary/aromatic N) is 4. The number of alkyl halides is 3. The summed E-state index contributed by atoms with van der Waals surface area (Å²) in [5.74, 6) is 0.365. The molecule has 0 aliphatic carbocycles. The molecule has 0 fully saturated rings. The molecular weight excluding hydrogens is 718 g/mol. The van der Waals surface area contributed by atoms with Crippen molar-refractivity contribution in [2.24, 2.45) is 0 Å². The van der Waals surface area contributed by atoms with Crippen molar-refractivity contribution in [1.82, 2.24) is 14.4 Å². The van der Waals surface area contributed by atoms with Crippen molar-refractivity contribution in [3.05, 3.63) is 116 Å². The van der Waals surface area contributed by atoms with E-state index < -0.39 is 11.9 Å². The first-order valence-electron chi connectivity index (χ1n) is 12.6. The predicted molar refractivity (Wildman–Crippen MR) is 158 cm³/mol. The number of anilines is 2. The van der Waals surface area contributed by atoms with Crippen LogP contribution in [0.25, 0.3) is 38.4 Å². The number of nitrogens with one attached hydrogen (secondary N) is 2. The van der Waals surface area contributed by atoms with Gasteiger partial charge in [-0.2, -0.15) is 13.2 Å². The molecule has 0 amide bonds. The molecule has 0 aliphatic rings. The van der Waals surface area contributed by atoms with Gasteiger partial charge in [0.2, 0.25) is 0 Å². The van der Waals surface area contributed by atoms with Gasteiger partial charge in [0.15, 0.2) is 0 Å². The Morgan fingerprint density at radius 2 is 1.76 bits per heavy atom. The summed E-state index contributed by atoms with van der Waals surface area (Å²) in [5, 5.41) is 12.5. The summed E-state index contributed by atoms with van der Waals surface area (Å²) in [4.78, 5) is 10.5. The quantitative estimate of drug-likeness (QED) is 0.0829. The molecule has 2 N–H and O–H groups in total. The summed E-state index contributed by atoms with van der Waals surface area (Å²) in [6.45, 7) is 0. The molecule has 3 aromatic heterocycles. The van der Waals surface area contributed by atoms with E-state index in [9.17, 15) is 13.2 Å². The second-order valence-corrected chi connectivity index (χ2v) is 9.26. The summed E-state index contributed by atoms with van der Waals surface area (Å²) in [5.41, 5.74) is 4.24. The van der Waals surface area contributed by atoms with Crippen molar-refractivity contribution in [3.63, 3.8) is 0 Å². The zero-order chi connectivity index (χ0) is 29.0. The number of benzene rings is 3. The molecule has 215 valence electrons. The fourth-order valence-corrected chi connectivity index (χ4v) is 4.41. The Hall–Kier alpha value is -4.53. The fraction of sp³-hybridized carbons (Fsp3) is 0.0938. The topological polar surface area (TPSA) is 69.3 Å². The normalized spacial score (nSPS) is 11.3. The largest absolute Gasteiger partial charge is 0.453 e. The summed E-state index contributed by atoms with van der Waals surface area (Å²) in [7, 11) is 4.13. The first kappa shape index (κ1) is 30.4. The summed E-state index contributed by atoms with van der Waals surface area (Å²) in [6, 6.07) is 29.6. The zero-order valence-electron chi connectivity index (χ0n) is 22.6. The molecule has 0 atom stereocenters. The van der Waals surface area contributed by atoms with Gasteiger partial charge in [-0.15, -0.1) is 30.5 Å². The monoisotopic (exact) mass is 743 g/mol. The van der Waals surface area contributed by atoms with E-state index in [-0.39, 0.29) is 20.1 Å². The second-order valence-electron chi connectivity index (χ2n) is 9.26. The molecule has 1 radical (unpaired) electrons. The third-order valence-corrected chi connectivity index (χ3v) is 6.36. The molecule has 42 heavy (non-hydrogen) atoms. The van der Waals surface area contributed by atoms with E-state index in [1.54, 1.807) is 18.2 Å². The Bertz CT molecular complexity index is 1850. The standard InChI is InChI=1S/C23H18N3.C9H7F3N3.Ir/c1-25(2)17-11-12-19-21(15-17)26-14-13-24-23(26)20-10-6-9-18(22(19)20)16-7-4-3-5-8-16;10-9(11,12)7(13)4-6-15-8-3-1-2-5-14-8;/h3-9,11-15H,1-2H3;1-5,13H,(H,14,15);/q2*-1;. The van der Waals surface area contributed by atoms with Crippen LogP contribution >= 0.6 is 0 Å². The molecule has 6 nitrogen and oxygen atoms in total. The van der Waals surface area contributed by atoms with Gasteiger partial charge in [0, 0.05) is 75.5 Å². The fourth-order valence-electron chi connectivity index (χ4n) is 4.41. The Labute approximate surface area is 254 Å². The Balaban J connectivity index is 0.000000219. The van der Waals surface area contributed by atoms with E-state index >= 15 is 0 Å². The van der Waals surface area contributed by atoms with Crippen LogP contribution in [0.5, 0.6) is 0 Å². The SMILES string of the molecule is CN(C)c1ccc2c3c(-c4ccccc4)cc[c-]c3c3nccn3c2c1.N=C(C=[C-]Nc1ccccn1)C(F)(F)F.[Ir]. The molecule has 10 heteroatoms. The van der Waals surface area contributed by atoms with Crippen LogP contribution in [-0.2, 0) is 20.1 Å². The van der Waals surface area contributed by atoms with Gasteiger partial charge in [-0.1, -0.05) is 64.9 Å². The molecule has 0 unspecified atom stereocenters. The van der Waals surface area contributed by atoms with E-state index in [2.05, 4.69) is 106 Å². The number of imidazole rings is 1. The summed E-state index contributed by atoms with van der Waals surface area (Å²) >= 11 is 0. The van der Waals surface area contributed by atoms with Crippen molar-refractivity contribution in [1.29, 1.82) is 5.41 Å². The smallest absolute Gasteiger partial charge is 0.386 e. The number of halogens is 3. The van der Waals surface area contributed by atoms with Gasteiger partial charge in [-0.25, -0.2) is 0 Å². The average molecular weight is 743 g/mol. The molecule has 0 spiro atoms. The maximum atomic E-state index is 11.8. The van der Waals surface area contributed by atoms with Gasteiger partial charge in [0.1, 0.15) is 0 Å². The van der Waals surface area contributed by atoms with Gasteiger partial charge < -0.3 is 25.0 Å². The van der Waals surface area contributed by atoms with Crippen LogP contribution in [-0.4, -0.2) is 40.4 Å². The maximum Gasteiger partial charge on any atom is 0.386 e. The molecule has 6 aromatic rings. The summed E-state index contributed by atoms with van der Waals surface area (Å²) < 4.78 is 37.7. The molecule has 3 heterocycles. The number of hydrogen-bond acceptors (Lipinski definition) is 5. The Kier molecular flexibility index (Phi) is 9.40. The van der Waals surface area contributed by atoms with Crippen molar-refractivity contribution in [3.8, 4) is 11.1 Å². The average Bonchev–Trinajstić information content (AvgIpc) is 3.48. The van der Waals surface area contributed by atoms with E-state index in [0.29, 0.717) is 11.9 Å². The number of pyridine rings is 2. The number of aromatic nitrogens is 3. The van der Waals surface area contributed by atoms with E-state index in [1.165, 1.54) is 33.8 Å². The van der Waals surface area contributed by atoms with Crippen molar-refractivity contribution in [2.75, 3.05) is 24.3 Å². The van der Waals surface area contributed by atoms with Gasteiger partial charge in [-0.3, -0.25) is 4.98 Å². The van der Waals surface area contributed by atoms with E-state index in [4.69, 9.17) is 5.41 Å². The van der Waals surface area contributed by atoms with Gasteiger partial charge >= 0.3 is 6.18 Å². The van der Waals surface area contributed by atoms with E-state index in [1.807, 2.05) is 18.5 Å². The predicted octanol–water partition coefficient (Wildman–Crippen LogP) is 7.56. The van der Waals surface area contributed by atoms with Gasteiger partial charge in [0.05, 0.1) is 5.65 Å².